The van der Waals surface area contributed by atoms with Crippen LogP contribution < -0.4 is 0 Å². The molecule has 0 saturated heterocycles. The van der Waals surface area contributed by atoms with E-state index in [-0.39, 0.29) is 6.10 Å². The number of nitrogens with zero attached hydrogens (tertiary/aromatic N) is 3. The van der Waals surface area contributed by atoms with Crippen LogP contribution in [-0.2, 0) is 9.59 Å². The van der Waals surface area contributed by atoms with Crippen LogP contribution in [-0.4, -0.2) is 83.5 Å². The average Bonchev–Trinajstić information content (AvgIpc) is 3.37. The van der Waals surface area contributed by atoms with E-state index in [0.29, 0.717) is 17.7 Å². The predicted molar refractivity (Wildman–Crippen MR) is 313 cm³/mol. The van der Waals surface area contributed by atoms with E-state index in [0.717, 1.165) is 64.8 Å². The van der Waals surface area contributed by atoms with Gasteiger partial charge in [0.2, 0.25) is 11.8 Å². The second-order valence-electron chi connectivity index (χ2n) is 23.3. The Morgan fingerprint density at radius 1 is 0.324 bits per heavy atom. The minimum absolute atomic E-state index is 0.0828. The fraction of sp³-hybridized carbons (Fsp3) is 0.969. The van der Waals surface area contributed by atoms with Gasteiger partial charge in [-0.2, -0.15) is 0 Å². The molecule has 0 heterocycles. The maximum absolute atomic E-state index is 13.5. The maximum Gasteiger partial charge on any atom is 0.222 e. The van der Waals surface area contributed by atoms with Gasteiger partial charge in [0.15, 0.2) is 0 Å². The molecule has 0 bridgehead atoms. The summed E-state index contributed by atoms with van der Waals surface area (Å²) in [6, 6.07) is 0. The van der Waals surface area contributed by atoms with Gasteiger partial charge in [-0.25, -0.2) is 0 Å². The number of amides is 2. The lowest BCUT2D eigenvalue weighted by atomic mass is 9.83. The van der Waals surface area contributed by atoms with Gasteiger partial charge in [0, 0.05) is 39.0 Å². The molecular formula is C65H129N3O3. The minimum Gasteiger partial charge on any atom is -0.393 e. The van der Waals surface area contributed by atoms with Gasteiger partial charge >= 0.3 is 0 Å². The molecule has 1 aliphatic carbocycles. The quantitative estimate of drug-likeness (QED) is 0.0617. The molecule has 2 atom stereocenters. The SMILES string of the molecule is CCCCCCCCCCN(CCCCCCCCCC)C(=O)CCCCCCCN(CCCCCCCC(=O)N(CCCCCCCCCC)CCCCCCCCCC)CCCC1CCCCC1O. The molecule has 0 aromatic heterocycles. The van der Waals surface area contributed by atoms with Gasteiger partial charge < -0.3 is 19.8 Å². The number of carbonyl (C=O) groups is 2. The number of aliphatic hydroxyl groups is 1. The zero-order valence-corrected chi connectivity index (χ0v) is 49.1. The van der Waals surface area contributed by atoms with E-state index >= 15 is 0 Å². The first-order valence-electron chi connectivity index (χ1n) is 32.9. The summed E-state index contributed by atoms with van der Waals surface area (Å²) in [6.07, 6.45) is 62.7. The molecule has 0 aromatic carbocycles. The zero-order chi connectivity index (χ0) is 51.3. The Hall–Kier alpha value is -1.14. The van der Waals surface area contributed by atoms with Crippen molar-refractivity contribution in [2.24, 2.45) is 5.92 Å². The van der Waals surface area contributed by atoms with Crippen LogP contribution in [0.25, 0.3) is 0 Å². The second-order valence-corrected chi connectivity index (χ2v) is 23.3. The van der Waals surface area contributed by atoms with Crippen molar-refractivity contribution in [3.63, 3.8) is 0 Å². The minimum atomic E-state index is -0.0828. The van der Waals surface area contributed by atoms with Gasteiger partial charge in [0.1, 0.15) is 0 Å². The molecular weight excluding hydrogens is 871 g/mol. The van der Waals surface area contributed by atoms with E-state index in [1.54, 1.807) is 0 Å². The van der Waals surface area contributed by atoms with Gasteiger partial charge in [-0.1, -0.05) is 259 Å². The van der Waals surface area contributed by atoms with Gasteiger partial charge in [0.05, 0.1) is 6.10 Å². The van der Waals surface area contributed by atoms with E-state index in [2.05, 4.69) is 42.4 Å². The third-order valence-electron chi connectivity index (χ3n) is 16.5. The third-order valence-corrected chi connectivity index (χ3v) is 16.5. The Morgan fingerprint density at radius 2 is 0.577 bits per heavy atom. The highest BCUT2D eigenvalue weighted by Crippen LogP contribution is 2.28. The molecule has 1 saturated carbocycles. The molecule has 422 valence electrons. The normalized spacial score (nSPS) is 15.0. The van der Waals surface area contributed by atoms with E-state index in [9.17, 15) is 14.7 Å². The fourth-order valence-corrected chi connectivity index (χ4v) is 11.5. The van der Waals surface area contributed by atoms with Gasteiger partial charge in [-0.3, -0.25) is 9.59 Å². The summed E-state index contributed by atoms with van der Waals surface area (Å²) in [5, 5.41) is 10.6. The standard InChI is InChI=1S/C65H129N3O3/c1-5-9-13-17-21-25-35-45-58-67(59-46-36-26-22-18-14-10-6-2)64(70)53-39-31-29-33-43-55-66(57-49-51-62-50-41-42-52-63(62)69)56-44-34-30-32-40-54-65(71)68(60-47-37-27-23-19-15-11-7-3)61-48-38-28-24-20-16-12-8-4/h62-63,69H,5-61H2,1-4H3. The van der Waals surface area contributed by atoms with Crippen LogP contribution in [0, 0.1) is 5.92 Å². The highest BCUT2D eigenvalue weighted by atomic mass is 16.3. The number of rotatable bonds is 56. The first kappa shape index (κ1) is 67.9. The Bertz CT molecular complexity index is 992. The summed E-state index contributed by atoms with van der Waals surface area (Å²) in [4.78, 5) is 34.3. The lowest BCUT2D eigenvalue weighted by molar-refractivity contribution is -0.132. The van der Waals surface area contributed by atoms with Crippen LogP contribution in [0.15, 0.2) is 0 Å². The van der Waals surface area contributed by atoms with Crippen molar-refractivity contribution in [2.45, 2.75) is 355 Å². The number of aliphatic hydroxyl groups excluding tert-OH is 1. The summed E-state index contributed by atoms with van der Waals surface area (Å²) in [6.45, 7) is 16.6. The number of unbranched alkanes of at least 4 members (excludes halogenated alkanes) is 36. The molecule has 2 unspecified atom stereocenters. The Labute approximate surface area is 445 Å². The van der Waals surface area contributed by atoms with E-state index in [1.165, 1.54) is 302 Å². The van der Waals surface area contributed by atoms with Crippen molar-refractivity contribution in [3.8, 4) is 0 Å². The molecule has 1 fully saturated rings. The van der Waals surface area contributed by atoms with Crippen LogP contribution in [0.1, 0.15) is 349 Å². The van der Waals surface area contributed by atoms with Crippen LogP contribution in [0.2, 0.25) is 0 Å². The highest BCUT2D eigenvalue weighted by Gasteiger charge is 2.23. The lowest BCUT2D eigenvalue weighted by Crippen LogP contribution is -2.32. The summed E-state index contributed by atoms with van der Waals surface area (Å²) >= 11 is 0. The molecule has 1 aliphatic rings. The molecule has 2 amide bonds. The van der Waals surface area contributed by atoms with E-state index in [1.807, 2.05) is 0 Å². The van der Waals surface area contributed by atoms with Gasteiger partial charge in [-0.05, 0) is 103 Å². The molecule has 1 N–H and O–H groups in total. The summed E-state index contributed by atoms with van der Waals surface area (Å²) in [5.74, 6) is 1.34. The Morgan fingerprint density at radius 3 is 0.887 bits per heavy atom. The van der Waals surface area contributed by atoms with Crippen molar-refractivity contribution in [1.82, 2.24) is 14.7 Å². The van der Waals surface area contributed by atoms with E-state index in [4.69, 9.17) is 0 Å². The Balaban J connectivity index is 2.51. The van der Waals surface area contributed by atoms with Crippen molar-refractivity contribution in [2.75, 3.05) is 45.8 Å². The predicted octanol–water partition coefficient (Wildman–Crippen LogP) is 19.5. The van der Waals surface area contributed by atoms with Crippen molar-refractivity contribution in [3.05, 3.63) is 0 Å². The smallest absolute Gasteiger partial charge is 0.222 e. The lowest BCUT2D eigenvalue weighted by Gasteiger charge is -2.29. The first-order valence-corrected chi connectivity index (χ1v) is 32.9. The molecule has 6 heteroatoms. The largest absolute Gasteiger partial charge is 0.393 e. The molecule has 0 aliphatic heterocycles. The van der Waals surface area contributed by atoms with Crippen molar-refractivity contribution >= 4 is 11.8 Å². The molecule has 0 radical (unpaired) electrons. The molecule has 71 heavy (non-hydrogen) atoms. The first-order chi connectivity index (χ1) is 35.0. The van der Waals surface area contributed by atoms with Crippen LogP contribution in [0.5, 0.6) is 0 Å². The molecule has 0 spiro atoms. The fourth-order valence-electron chi connectivity index (χ4n) is 11.5. The highest BCUT2D eigenvalue weighted by molar-refractivity contribution is 5.76. The third kappa shape index (κ3) is 43.8. The molecule has 0 aromatic rings. The average molecular weight is 1000 g/mol. The zero-order valence-electron chi connectivity index (χ0n) is 49.1. The van der Waals surface area contributed by atoms with Crippen LogP contribution in [0.3, 0.4) is 0 Å². The topological polar surface area (TPSA) is 64.1 Å². The van der Waals surface area contributed by atoms with E-state index < -0.39 is 0 Å². The van der Waals surface area contributed by atoms with Crippen LogP contribution in [0.4, 0.5) is 0 Å². The second kappa shape index (κ2) is 53.7. The number of hydrogen-bond acceptors (Lipinski definition) is 4. The molecule has 1 rings (SSSR count). The summed E-state index contributed by atoms with van der Waals surface area (Å²) in [7, 11) is 0. The monoisotopic (exact) mass is 1000 g/mol. The van der Waals surface area contributed by atoms with Gasteiger partial charge in [0.25, 0.3) is 0 Å². The van der Waals surface area contributed by atoms with Gasteiger partial charge in [-0.15, -0.1) is 0 Å². The summed E-state index contributed by atoms with van der Waals surface area (Å²) in [5.41, 5.74) is 0. The molecule has 6 nitrogen and oxygen atoms in total. The van der Waals surface area contributed by atoms with Crippen molar-refractivity contribution in [1.29, 1.82) is 0 Å². The summed E-state index contributed by atoms with van der Waals surface area (Å²) < 4.78 is 0. The van der Waals surface area contributed by atoms with Crippen LogP contribution >= 0.6 is 0 Å². The number of hydrogen-bond donors (Lipinski definition) is 1. The Kier molecular flexibility index (Phi) is 51.3. The number of carbonyl (C=O) groups excluding carboxylic acids is 2. The maximum atomic E-state index is 13.5. The van der Waals surface area contributed by atoms with Crippen molar-refractivity contribution < 1.29 is 14.7 Å².